The van der Waals surface area contributed by atoms with E-state index < -0.39 is 30.1 Å². The van der Waals surface area contributed by atoms with E-state index in [9.17, 15) is 19.5 Å². The summed E-state index contributed by atoms with van der Waals surface area (Å²) in [6, 6.07) is 6.99. The molecule has 12 heteroatoms. The molecule has 0 unspecified atom stereocenters. The van der Waals surface area contributed by atoms with Crippen LogP contribution in [-0.4, -0.2) is 68.9 Å². The Kier molecular flexibility index (Phi) is 10.5. The zero-order chi connectivity index (χ0) is 28.7. The quantitative estimate of drug-likeness (QED) is 0.316. The maximum absolute atomic E-state index is 13.3. The molecule has 0 fully saturated rings. The SMILES string of the molecule is CC(C)C[C@@H](C(=O)Nc1ccn(C[C@@H](O)COC(=O)[C@@H](N)C(C)C)n1)N1CC(Oc2ccccc2Cl)=CC1=O. The van der Waals surface area contributed by atoms with Crippen LogP contribution in [0.1, 0.15) is 34.1 Å². The van der Waals surface area contributed by atoms with Crippen LogP contribution in [0, 0.1) is 11.8 Å². The first-order chi connectivity index (χ1) is 18.4. The van der Waals surface area contributed by atoms with E-state index in [1.807, 2.05) is 13.8 Å². The average molecular weight is 562 g/mol. The molecule has 0 saturated carbocycles. The number of aromatic nitrogens is 2. The van der Waals surface area contributed by atoms with Crippen molar-refractivity contribution in [1.82, 2.24) is 14.7 Å². The summed E-state index contributed by atoms with van der Waals surface area (Å²) in [5, 5.41) is 17.7. The number of esters is 1. The van der Waals surface area contributed by atoms with Crippen LogP contribution in [0.5, 0.6) is 5.75 Å². The van der Waals surface area contributed by atoms with Gasteiger partial charge in [-0.05, 0) is 30.4 Å². The Morgan fingerprint density at radius 2 is 1.92 bits per heavy atom. The van der Waals surface area contributed by atoms with Crippen LogP contribution in [0.4, 0.5) is 5.82 Å². The van der Waals surface area contributed by atoms with E-state index >= 15 is 0 Å². The van der Waals surface area contributed by atoms with Crippen molar-refractivity contribution in [3.8, 4) is 5.75 Å². The molecule has 0 radical (unpaired) electrons. The number of hydrogen-bond acceptors (Lipinski definition) is 8. The number of nitrogens with zero attached hydrogens (tertiary/aromatic N) is 3. The lowest BCUT2D eigenvalue weighted by Gasteiger charge is -2.28. The number of anilines is 1. The first-order valence-corrected chi connectivity index (χ1v) is 13.2. The van der Waals surface area contributed by atoms with E-state index in [4.69, 9.17) is 26.8 Å². The van der Waals surface area contributed by atoms with Crippen LogP contribution >= 0.6 is 11.6 Å². The Balaban J connectivity index is 1.59. The standard InChI is InChI=1S/C27H36ClN5O6/c1-16(2)11-21(33-14-19(12-24(33)35)39-22-8-6-5-7-20(22)28)26(36)30-23-9-10-32(31-23)13-18(34)15-38-27(37)25(29)17(3)4/h5-10,12,16-18,21,25,34H,11,13-15,29H2,1-4H3,(H,30,31,36)/t18-,21+,25+/m1/s1. The maximum Gasteiger partial charge on any atom is 0.323 e. The highest BCUT2D eigenvalue weighted by Gasteiger charge is 2.35. The Hall–Kier alpha value is -3.41. The predicted octanol–water partition coefficient (Wildman–Crippen LogP) is 2.58. The van der Waals surface area contributed by atoms with Crippen molar-refractivity contribution in [2.45, 2.75) is 58.8 Å². The maximum atomic E-state index is 13.3. The van der Waals surface area contributed by atoms with Crippen LogP contribution in [0.2, 0.25) is 5.02 Å². The molecule has 1 aromatic heterocycles. The number of amides is 2. The number of benzene rings is 1. The summed E-state index contributed by atoms with van der Waals surface area (Å²) in [7, 11) is 0. The third-order valence-corrected chi connectivity index (χ3v) is 6.36. The second-order valence-electron chi connectivity index (χ2n) is 10.2. The number of rotatable bonds is 13. The van der Waals surface area contributed by atoms with Crippen molar-refractivity contribution in [2.24, 2.45) is 17.6 Å². The van der Waals surface area contributed by atoms with E-state index in [0.717, 1.165) is 0 Å². The summed E-state index contributed by atoms with van der Waals surface area (Å²) < 4.78 is 12.3. The van der Waals surface area contributed by atoms with Crippen molar-refractivity contribution < 1.29 is 29.0 Å². The van der Waals surface area contributed by atoms with E-state index in [1.165, 1.54) is 15.7 Å². The van der Waals surface area contributed by atoms with Gasteiger partial charge in [-0.15, -0.1) is 0 Å². The molecule has 2 aromatic rings. The summed E-state index contributed by atoms with van der Waals surface area (Å²) in [6.07, 6.45) is 2.35. The lowest BCUT2D eigenvalue weighted by molar-refractivity contribution is -0.149. The lowest BCUT2D eigenvalue weighted by Crippen LogP contribution is -2.46. The molecule has 11 nitrogen and oxygen atoms in total. The minimum Gasteiger partial charge on any atom is -0.462 e. The van der Waals surface area contributed by atoms with Gasteiger partial charge in [0.15, 0.2) is 5.82 Å². The molecule has 1 aromatic carbocycles. The fraction of sp³-hybridized carbons (Fsp3) is 0.481. The largest absolute Gasteiger partial charge is 0.462 e. The molecule has 0 spiro atoms. The predicted molar refractivity (Wildman–Crippen MR) is 146 cm³/mol. The van der Waals surface area contributed by atoms with Gasteiger partial charge in [-0.25, -0.2) is 0 Å². The second kappa shape index (κ2) is 13.6. The number of hydrogen-bond donors (Lipinski definition) is 3. The average Bonchev–Trinajstić information content (AvgIpc) is 3.46. The Bertz CT molecular complexity index is 1200. The summed E-state index contributed by atoms with van der Waals surface area (Å²) in [4.78, 5) is 39.4. The normalized spacial score (nSPS) is 15.8. The second-order valence-corrected chi connectivity index (χ2v) is 10.6. The van der Waals surface area contributed by atoms with Crippen LogP contribution in [-0.2, 0) is 25.7 Å². The molecule has 0 bridgehead atoms. The van der Waals surface area contributed by atoms with E-state index in [2.05, 4.69) is 10.4 Å². The number of nitrogens with one attached hydrogen (secondary N) is 1. The summed E-state index contributed by atoms with van der Waals surface area (Å²) in [6.45, 7) is 7.45. The van der Waals surface area contributed by atoms with Gasteiger partial charge in [0.2, 0.25) is 5.91 Å². The number of carbonyl (C=O) groups excluding carboxylic acids is 3. The molecule has 4 N–H and O–H groups in total. The number of aliphatic hydroxyl groups excluding tert-OH is 1. The number of aliphatic hydroxyl groups is 1. The topological polar surface area (TPSA) is 149 Å². The lowest BCUT2D eigenvalue weighted by atomic mass is 10.0. The smallest absolute Gasteiger partial charge is 0.323 e. The van der Waals surface area contributed by atoms with Crippen LogP contribution in [0.25, 0.3) is 0 Å². The molecular weight excluding hydrogens is 526 g/mol. The van der Waals surface area contributed by atoms with Crippen molar-refractivity contribution >= 4 is 35.2 Å². The minimum atomic E-state index is -1.02. The van der Waals surface area contributed by atoms with Gasteiger partial charge in [0.05, 0.1) is 18.1 Å². The highest BCUT2D eigenvalue weighted by Crippen LogP contribution is 2.28. The number of halogens is 1. The van der Waals surface area contributed by atoms with Crippen LogP contribution in [0.15, 0.2) is 48.4 Å². The van der Waals surface area contributed by atoms with E-state index in [1.54, 1.807) is 50.4 Å². The first kappa shape index (κ1) is 30.1. The van der Waals surface area contributed by atoms with Crippen molar-refractivity contribution in [3.05, 3.63) is 53.4 Å². The molecule has 212 valence electrons. The molecule has 3 atom stereocenters. The van der Waals surface area contributed by atoms with E-state index in [-0.39, 0.29) is 43.3 Å². The number of nitrogens with two attached hydrogens (primary N) is 1. The molecule has 0 saturated heterocycles. The van der Waals surface area contributed by atoms with Crippen molar-refractivity contribution in [3.63, 3.8) is 0 Å². The Morgan fingerprint density at radius 1 is 1.21 bits per heavy atom. The van der Waals surface area contributed by atoms with Gasteiger partial charge in [-0.1, -0.05) is 51.4 Å². The van der Waals surface area contributed by atoms with Gasteiger partial charge in [0, 0.05) is 18.3 Å². The Morgan fingerprint density at radius 3 is 2.59 bits per heavy atom. The number of ether oxygens (including phenoxy) is 2. The third kappa shape index (κ3) is 8.54. The monoisotopic (exact) mass is 561 g/mol. The minimum absolute atomic E-state index is 0.0345. The molecule has 1 aliphatic heterocycles. The van der Waals surface area contributed by atoms with Gasteiger partial charge >= 0.3 is 5.97 Å². The number of para-hydroxylation sites is 1. The van der Waals surface area contributed by atoms with E-state index in [0.29, 0.717) is 23.0 Å². The summed E-state index contributed by atoms with van der Waals surface area (Å²) in [5.41, 5.74) is 5.75. The van der Waals surface area contributed by atoms with Crippen LogP contribution in [0.3, 0.4) is 0 Å². The van der Waals surface area contributed by atoms with Gasteiger partial charge in [0.25, 0.3) is 5.91 Å². The molecule has 2 amide bonds. The highest BCUT2D eigenvalue weighted by molar-refractivity contribution is 6.32. The fourth-order valence-electron chi connectivity index (χ4n) is 3.88. The summed E-state index contributed by atoms with van der Waals surface area (Å²) >= 11 is 6.17. The van der Waals surface area contributed by atoms with Crippen LogP contribution < -0.4 is 15.8 Å². The molecule has 39 heavy (non-hydrogen) atoms. The molecule has 3 rings (SSSR count). The Labute approximate surface area is 232 Å². The van der Waals surface area contributed by atoms with Gasteiger partial charge in [-0.3, -0.25) is 19.1 Å². The first-order valence-electron chi connectivity index (χ1n) is 12.8. The molecule has 2 heterocycles. The molecule has 1 aliphatic rings. The van der Waals surface area contributed by atoms with Crippen molar-refractivity contribution in [1.29, 1.82) is 0 Å². The van der Waals surface area contributed by atoms with Gasteiger partial charge < -0.3 is 30.5 Å². The zero-order valence-corrected chi connectivity index (χ0v) is 23.3. The third-order valence-electron chi connectivity index (χ3n) is 6.04. The fourth-order valence-corrected chi connectivity index (χ4v) is 4.06. The number of carbonyl (C=O) groups is 3. The molecule has 0 aliphatic carbocycles. The molecular formula is C27H36ClN5O6. The zero-order valence-electron chi connectivity index (χ0n) is 22.5. The van der Waals surface area contributed by atoms with Gasteiger partial charge in [0.1, 0.15) is 36.3 Å². The van der Waals surface area contributed by atoms with Gasteiger partial charge in [-0.2, -0.15) is 5.10 Å². The van der Waals surface area contributed by atoms with Crippen molar-refractivity contribution in [2.75, 3.05) is 18.5 Å². The highest BCUT2D eigenvalue weighted by atomic mass is 35.5. The summed E-state index contributed by atoms with van der Waals surface area (Å²) in [5.74, 6) is -0.198.